The molecule has 0 nitrogen and oxygen atoms in total. The van der Waals surface area contributed by atoms with E-state index >= 15 is 0 Å². The molecule has 0 radical (unpaired) electrons. The zero-order valence-electron chi connectivity index (χ0n) is 7.60. The van der Waals surface area contributed by atoms with Crippen LogP contribution in [0.15, 0.2) is 29.8 Å². The van der Waals surface area contributed by atoms with Gasteiger partial charge in [0.2, 0.25) is 0 Å². The lowest BCUT2D eigenvalue weighted by molar-refractivity contribution is -0.0939. The fraction of sp³-hybridized carbons (Fsp3) is 0.273. The highest BCUT2D eigenvalue weighted by Gasteiger charge is 2.40. The monoisotopic (exact) mass is 198 g/mol. The van der Waals surface area contributed by atoms with E-state index in [4.69, 9.17) is 0 Å². The van der Waals surface area contributed by atoms with Crippen LogP contribution in [0.2, 0.25) is 0 Å². The van der Waals surface area contributed by atoms with Crippen LogP contribution in [0.4, 0.5) is 13.2 Å². The van der Waals surface area contributed by atoms with E-state index < -0.39 is 17.7 Å². The molecular weight excluding hydrogens is 189 g/mol. The van der Waals surface area contributed by atoms with E-state index in [1.54, 1.807) is 31.2 Å². The van der Waals surface area contributed by atoms with E-state index in [0.717, 1.165) is 5.56 Å². The molecule has 1 aromatic rings. The van der Waals surface area contributed by atoms with Crippen molar-refractivity contribution in [1.29, 1.82) is 0 Å². The molecule has 0 saturated carbocycles. The fourth-order valence-corrected chi connectivity index (χ4v) is 1.82. The summed E-state index contributed by atoms with van der Waals surface area (Å²) in [5, 5.41) is 0. The van der Waals surface area contributed by atoms with Gasteiger partial charge in [-0.1, -0.05) is 31.2 Å². The first-order valence-corrected chi connectivity index (χ1v) is 4.38. The van der Waals surface area contributed by atoms with E-state index in [1.807, 2.05) is 0 Å². The van der Waals surface area contributed by atoms with Crippen molar-refractivity contribution in [3.8, 4) is 0 Å². The summed E-state index contributed by atoms with van der Waals surface area (Å²) in [6.45, 7) is 1.59. The van der Waals surface area contributed by atoms with Crippen molar-refractivity contribution in [2.24, 2.45) is 0 Å². The topological polar surface area (TPSA) is 0 Å². The number of hydrogen-bond acceptors (Lipinski definition) is 0. The standard InChI is InChI=1S/C11H9F3/c1-7-9-5-3-2-4-8(9)6-10(7)11(12,13)14/h2-7H,1H3. The van der Waals surface area contributed by atoms with E-state index in [9.17, 15) is 13.2 Å². The molecule has 1 aliphatic carbocycles. The first-order valence-electron chi connectivity index (χ1n) is 4.38. The van der Waals surface area contributed by atoms with Gasteiger partial charge in [-0.25, -0.2) is 0 Å². The molecule has 1 aliphatic rings. The van der Waals surface area contributed by atoms with Crippen molar-refractivity contribution < 1.29 is 13.2 Å². The predicted molar refractivity (Wildman–Crippen MR) is 48.9 cm³/mol. The maximum atomic E-state index is 12.5. The molecule has 2 rings (SSSR count). The second-order valence-corrected chi connectivity index (χ2v) is 3.45. The summed E-state index contributed by atoms with van der Waals surface area (Å²) in [4.78, 5) is 0. The molecule has 0 amide bonds. The van der Waals surface area contributed by atoms with Gasteiger partial charge in [-0.15, -0.1) is 0 Å². The molecule has 0 bridgehead atoms. The van der Waals surface area contributed by atoms with E-state index in [1.165, 1.54) is 6.08 Å². The number of fused-ring (bicyclic) bond motifs is 1. The van der Waals surface area contributed by atoms with Gasteiger partial charge >= 0.3 is 6.18 Å². The summed E-state index contributed by atoms with van der Waals surface area (Å²) in [6, 6.07) is 6.98. The van der Waals surface area contributed by atoms with Gasteiger partial charge < -0.3 is 0 Å². The molecule has 0 aromatic heterocycles. The first-order chi connectivity index (χ1) is 6.50. The maximum Gasteiger partial charge on any atom is 0.413 e. The quantitative estimate of drug-likeness (QED) is 0.595. The number of benzene rings is 1. The molecule has 0 saturated heterocycles. The molecular formula is C11H9F3. The minimum absolute atomic E-state index is 0.446. The molecule has 0 heterocycles. The van der Waals surface area contributed by atoms with Gasteiger partial charge in [0.15, 0.2) is 0 Å². The number of hydrogen-bond donors (Lipinski definition) is 0. The lowest BCUT2D eigenvalue weighted by atomic mass is 9.98. The zero-order valence-corrected chi connectivity index (χ0v) is 7.60. The number of allylic oxidation sites excluding steroid dienone is 1. The molecule has 1 atom stereocenters. The third-order valence-electron chi connectivity index (χ3n) is 2.57. The second-order valence-electron chi connectivity index (χ2n) is 3.45. The first kappa shape index (κ1) is 9.31. The summed E-state index contributed by atoms with van der Waals surface area (Å²) >= 11 is 0. The Kier molecular flexibility index (Phi) is 1.91. The molecule has 14 heavy (non-hydrogen) atoms. The highest BCUT2D eigenvalue weighted by molar-refractivity contribution is 5.67. The van der Waals surface area contributed by atoms with E-state index in [-0.39, 0.29) is 0 Å². The van der Waals surface area contributed by atoms with Crippen LogP contribution < -0.4 is 0 Å². The Labute approximate surface area is 80.1 Å². The Morgan fingerprint density at radius 3 is 2.36 bits per heavy atom. The average molecular weight is 198 g/mol. The fourth-order valence-electron chi connectivity index (χ4n) is 1.82. The number of halogens is 3. The Morgan fingerprint density at radius 1 is 1.14 bits per heavy atom. The van der Waals surface area contributed by atoms with Crippen molar-refractivity contribution >= 4 is 6.08 Å². The van der Waals surface area contributed by atoms with Gasteiger partial charge in [0, 0.05) is 11.5 Å². The Balaban J connectivity index is 2.47. The Bertz CT molecular complexity index is 388. The molecule has 0 N–H and O–H groups in total. The second kappa shape index (κ2) is 2.87. The zero-order chi connectivity index (χ0) is 10.3. The van der Waals surface area contributed by atoms with Crippen molar-refractivity contribution in [3.63, 3.8) is 0 Å². The predicted octanol–water partition coefficient (Wildman–Crippen LogP) is 3.75. The molecule has 1 unspecified atom stereocenters. The molecule has 0 fully saturated rings. The van der Waals surface area contributed by atoms with Crippen molar-refractivity contribution in [2.45, 2.75) is 19.0 Å². The average Bonchev–Trinajstić information content (AvgIpc) is 2.44. The summed E-state index contributed by atoms with van der Waals surface area (Å²) in [7, 11) is 0. The van der Waals surface area contributed by atoms with E-state index in [0.29, 0.717) is 5.56 Å². The van der Waals surface area contributed by atoms with Gasteiger partial charge in [0.25, 0.3) is 0 Å². The maximum absolute atomic E-state index is 12.5. The van der Waals surface area contributed by atoms with Crippen LogP contribution in [0, 0.1) is 0 Å². The molecule has 0 aliphatic heterocycles. The van der Waals surface area contributed by atoms with Gasteiger partial charge in [-0.3, -0.25) is 0 Å². The molecule has 1 aromatic carbocycles. The highest BCUT2D eigenvalue weighted by atomic mass is 19.4. The Hall–Kier alpha value is -1.25. The third kappa shape index (κ3) is 1.33. The van der Waals surface area contributed by atoms with Crippen LogP contribution in [0.25, 0.3) is 6.08 Å². The van der Waals surface area contributed by atoms with E-state index in [2.05, 4.69) is 0 Å². The summed E-state index contributed by atoms with van der Waals surface area (Å²) in [5.74, 6) is -0.536. The lowest BCUT2D eigenvalue weighted by Crippen LogP contribution is -2.14. The van der Waals surface area contributed by atoms with Crippen molar-refractivity contribution in [3.05, 3.63) is 41.0 Å². The summed E-state index contributed by atoms with van der Waals surface area (Å²) in [5.41, 5.74) is 1.01. The number of rotatable bonds is 0. The third-order valence-corrected chi connectivity index (χ3v) is 2.57. The summed E-state index contributed by atoms with van der Waals surface area (Å²) in [6.07, 6.45) is -2.97. The highest BCUT2D eigenvalue weighted by Crippen LogP contribution is 2.43. The molecule has 0 spiro atoms. The number of alkyl halides is 3. The molecule has 74 valence electrons. The van der Waals surface area contributed by atoms with Crippen LogP contribution in [-0.2, 0) is 0 Å². The van der Waals surface area contributed by atoms with Crippen molar-refractivity contribution in [1.82, 2.24) is 0 Å². The van der Waals surface area contributed by atoms with Crippen LogP contribution in [0.3, 0.4) is 0 Å². The SMILES string of the molecule is CC1C(C(F)(F)F)=Cc2ccccc21. The minimum atomic E-state index is -4.21. The van der Waals surface area contributed by atoms with Gasteiger partial charge in [-0.2, -0.15) is 13.2 Å². The van der Waals surface area contributed by atoms with Gasteiger partial charge in [0.05, 0.1) is 0 Å². The normalized spacial score (nSPS) is 20.6. The molecule has 3 heteroatoms. The van der Waals surface area contributed by atoms with Crippen LogP contribution in [-0.4, -0.2) is 6.18 Å². The van der Waals surface area contributed by atoms with Crippen LogP contribution in [0.1, 0.15) is 24.0 Å². The van der Waals surface area contributed by atoms with Gasteiger partial charge in [0.1, 0.15) is 0 Å². The smallest absolute Gasteiger partial charge is 0.166 e. The van der Waals surface area contributed by atoms with Crippen LogP contribution >= 0.6 is 0 Å². The lowest BCUT2D eigenvalue weighted by Gasteiger charge is -2.13. The largest absolute Gasteiger partial charge is 0.413 e. The van der Waals surface area contributed by atoms with Gasteiger partial charge in [-0.05, 0) is 17.2 Å². The Morgan fingerprint density at radius 2 is 1.79 bits per heavy atom. The van der Waals surface area contributed by atoms with Crippen molar-refractivity contribution in [2.75, 3.05) is 0 Å². The summed E-state index contributed by atoms with van der Waals surface area (Å²) < 4.78 is 37.5. The minimum Gasteiger partial charge on any atom is -0.166 e. The van der Waals surface area contributed by atoms with Crippen LogP contribution in [0.5, 0.6) is 0 Å².